The Morgan fingerprint density at radius 1 is 1.31 bits per heavy atom. The van der Waals surface area contributed by atoms with Crippen LogP contribution in [0.15, 0.2) is 36.7 Å². The molecule has 5 heteroatoms. The number of rotatable bonds is 4. The highest BCUT2D eigenvalue weighted by molar-refractivity contribution is 5.94. The van der Waals surface area contributed by atoms with Gasteiger partial charge in [0.15, 0.2) is 0 Å². The lowest BCUT2D eigenvalue weighted by Gasteiger charge is -2.42. The summed E-state index contributed by atoms with van der Waals surface area (Å²) < 4.78 is 13.5. The number of halogens is 1. The number of carbonyl (C=O) groups excluding carboxylic acids is 1. The lowest BCUT2D eigenvalue weighted by molar-refractivity contribution is -0.125. The van der Waals surface area contributed by atoms with Gasteiger partial charge in [0.25, 0.3) is 0 Å². The highest BCUT2D eigenvalue weighted by Crippen LogP contribution is 2.59. The summed E-state index contributed by atoms with van der Waals surface area (Å²) in [4.78, 5) is 16.4. The van der Waals surface area contributed by atoms with Gasteiger partial charge in [-0.15, -0.1) is 0 Å². The fourth-order valence-corrected chi connectivity index (χ4v) is 3.97. The number of nitriles is 1. The van der Waals surface area contributed by atoms with Crippen LogP contribution >= 0.6 is 0 Å². The summed E-state index contributed by atoms with van der Waals surface area (Å²) in [6.45, 7) is 1.94. The predicted molar refractivity (Wildman–Crippen MR) is 96.5 cm³/mol. The number of nitrogens with zero attached hydrogens (tertiary/aromatic N) is 2. The number of carbonyl (C=O) groups is 1. The molecule has 0 aliphatic heterocycles. The van der Waals surface area contributed by atoms with E-state index in [9.17, 15) is 14.4 Å². The average molecular weight is 349 g/mol. The molecule has 0 spiro atoms. The first-order valence-corrected chi connectivity index (χ1v) is 8.94. The Hall–Kier alpha value is -2.74. The highest BCUT2D eigenvalue weighted by atomic mass is 19.1. The standard InChI is InChI=1S/C21H20FN3O/c1-13-2-5-18(7-19(13)14-6-17(22)11-24-10-14)25-20(26)15-8-21(9-15,12-23)16-3-4-16/h2,5-7,10-11,15-16H,3-4,8-9H2,1H3,(H,25,26). The van der Waals surface area contributed by atoms with Crippen molar-refractivity contribution >= 4 is 11.6 Å². The third-order valence-electron chi connectivity index (χ3n) is 5.69. The number of amides is 1. The number of pyridine rings is 1. The summed E-state index contributed by atoms with van der Waals surface area (Å²) in [5.41, 5.74) is 2.91. The van der Waals surface area contributed by atoms with Crippen LogP contribution in [0.4, 0.5) is 10.1 Å². The van der Waals surface area contributed by atoms with Crippen LogP contribution in [0.1, 0.15) is 31.2 Å². The molecule has 1 aromatic carbocycles. The van der Waals surface area contributed by atoms with Crippen molar-refractivity contribution in [2.45, 2.75) is 32.6 Å². The molecule has 132 valence electrons. The van der Waals surface area contributed by atoms with Gasteiger partial charge in [-0.25, -0.2) is 4.39 Å². The summed E-state index contributed by atoms with van der Waals surface area (Å²) in [6, 6.07) is 9.48. The average Bonchev–Trinajstić information content (AvgIpc) is 3.41. The first kappa shape index (κ1) is 16.7. The van der Waals surface area contributed by atoms with Gasteiger partial charge in [-0.05, 0) is 67.9 Å². The number of nitrogens with one attached hydrogen (secondary N) is 1. The highest BCUT2D eigenvalue weighted by Gasteiger charge is 2.56. The van der Waals surface area contributed by atoms with E-state index >= 15 is 0 Å². The van der Waals surface area contributed by atoms with Gasteiger partial charge in [-0.3, -0.25) is 9.78 Å². The summed E-state index contributed by atoms with van der Waals surface area (Å²) in [5, 5.41) is 12.4. The van der Waals surface area contributed by atoms with Gasteiger partial charge >= 0.3 is 0 Å². The van der Waals surface area contributed by atoms with Crippen molar-refractivity contribution in [3.8, 4) is 17.2 Å². The molecule has 0 unspecified atom stereocenters. The molecule has 2 aromatic rings. The summed E-state index contributed by atoms with van der Waals surface area (Å²) in [6.07, 6.45) is 6.33. The lowest BCUT2D eigenvalue weighted by atomic mass is 9.60. The Balaban J connectivity index is 1.48. The number of benzene rings is 1. The molecule has 1 amide bonds. The quantitative estimate of drug-likeness (QED) is 0.886. The van der Waals surface area contributed by atoms with E-state index in [1.165, 1.54) is 12.3 Å². The molecule has 2 fully saturated rings. The van der Waals surface area contributed by atoms with E-state index < -0.39 is 5.82 Å². The SMILES string of the molecule is Cc1ccc(NC(=O)C2CC(C#N)(C3CC3)C2)cc1-c1cncc(F)c1. The first-order chi connectivity index (χ1) is 12.5. The Bertz CT molecular complexity index is 908. The summed E-state index contributed by atoms with van der Waals surface area (Å²) >= 11 is 0. The third-order valence-corrected chi connectivity index (χ3v) is 5.69. The van der Waals surface area contributed by atoms with Crippen LogP contribution in [0, 0.1) is 41.3 Å². The molecule has 4 rings (SSSR count). The number of anilines is 1. The lowest BCUT2D eigenvalue weighted by Crippen LogP contribution is -2.43. The smallest absolute Gasteiger partial charge is 0.227 e. The van der Waals surface area contributed by atoms with Crippen LogP contribution in [0.3, 0.4) is 0 Å². The largest absolute Gasteiger partial charge is 0.326 e. The number of aryl methyl sites for hydroxylation is 1. The minimum Gasteiger partial charge on any atom is -0.326 e. The van der Waals surface area contributed by atoms with Gasteiger partial charge in [0.1, 0.15) is 5.82 Å². The number of hydrogen-bond donors (Lipinski definition) is 1. The molecule has 0 bridgehead atoms. The maximum Gasteiger partial charge on any atom is 0.227 e. The van der Waals surface area contributed by atoms with E-state index in [1.807, 2.05) is 25.1 Å². The molecule has 1 aromatic heterocycles. The van der Waals surface area contributed by atoms with Gasteiger partial charge < -0.3 is 5.32 Å². The second-order valence-electron chi connectivity index (χ2n) is 7.56. The zero-order valence-electron chi connectivity index (χ0n) is 14.6. The molecule has 2 saturated carbocycles. The molecule has 0 radical (unpaired) electrons. The van der Waals surface area contributed by atoms with Gasteiger partial charge in [-0.2, -0.15) is 5.26 Å². The Morgan fingerprint density at radius 3 is 2.73 bits per heavy atom. The van der Waals surface area contributed by atoms with E-state index in [1.54, 1.807) is 6.20 Å². The molecule has 2 aliphatic rings. The zero-order valence-corrected chi connectivity index (χ0v) is 14.6. The van der Waals surface area contributed by atoms with Gasteiger partial charge in [0, 0.05) is 23.4 Å². The first-order valence-electron chi connectivity index (χ1n) is 8.94. The van der Waals surface area contributed by atoms with E-state index in [-0.39, 0.29) is 17.2 Å². The summed E-state index contributed by atoms with van der Waals surface area (Å²) in [7, 11) is 0. The van der Waals surface area contributed by atoms with E-state index in [0.29, 0.717) is 30.0 Å². The van der Waals surface area contributed by atoms with Crippen LogP contribution in [-0.2, 0) is 4.79 Å². The fourth-order valence-electron chi connectivity index (χ4n) is 3.97. The van der Waals surface area contributed by atoms with Crippen LogP contribution in [0.2, 0.25) is 0 Å². The van der Waals surface area contributed by atoms with Crippen molar-refractivity contribution in [3.05, 3.63) is 48.0 Å². The number of hydrogen-bond acceptors (Lipinski definition) is 3. The van der Waals surface area contributed by atoms with Crippen molar-refractivity contribution in [3.63, 3.8) is 0 Å². The molecule has 2 aliphatic carbocycles. The predicted octanol–water partition coefficient (Wildman–Crippen LogP) is 4.46. The Kier molecular flexibility index (Phi) is 3.99. The van der Waals surface area contributed by atoms with E-state index in [4.69, 9.17) is 0 Å². The Morgan fingerprint density at radius 2 is 2.08 bits per heavy atom. The van der Waals surface area contributed by atoms with Crippen molar-refractivity contribution in [2.24, 2.45) is 17.3 Å². The van der Waals surface area contributed by atoms with Crippen molar-refractivity contribution < 1.29 is 9.18 Å². The molecule has 1 N–H and O–H groups in total. The second-order valence-corrected chi connectivity index (χ2v) is 7.56. The van der Waals surface area contributed by atoms with Crippen molar-refractivity contribution in [1.29, 1.82) is 5.26 Å². The second kappa shape index (κ2) is 6.21. The maximum absolute atomic E-state index is 13.5. The summed E-state index contributed by atoms with van der Waals surface area (Å²) in [5.74, 6) is -0.0405. The molecule has 0 saturated heterocycles. The molecule has 0 atom stereocenters. The Labute approximate surface area is 152 Å². The van der Waals surface area contributed by atoms with E-state index in [2.05, 4.69) is 16.4 Å². The molecule has 4 nitrogen and oxygen atoms in total. The van der Waals surface area contributed by atoms with E-state index in [0.717, 1.165) is 24.0 Å². The van der Waals surface area contributed by atoms with Gasteiger partial charge in [0.2, 0.25) is 5.91 Å². The van der Waals surface area contributed by atoms with Crippen LogP contribution < -0.4 is 5.32 Å². The topological polar surface area (TPSA) is 65.8 Å². The van der Waals surface area contributed by atoms with Crippen molar-refractivity contribution in [2.75, 3.05) is 5.32 Å². The van der Waals surface area contributed by atoms with Crippen LogP contribution in [-0.4, -0.2) is 10.9 Å². The molecule has 1 heterocycles. The fraction of sp³-hybridized carbons (Fsp3) is 0.381. The molecular formula is C21H20FN3O. The zero-order chi connectivity index (χ0) is 18.3. The van der Waals surface area contributed by atoms with Crippen LogP contribution in [0.25, 0.3) is 11.1 Å². The number of aromatic nitrogens is 1. The molecular weight excluding hydrogens is 329 g/mol. The van der Waals surface area contributed by atoms with Gasteiger partial charge in [0.05, 0.1) is 17.7 Å². The molecule has 26 heavy (non-hydrogen) atoms. The maximum atomic E-state index is 13.5. The minimum absolute atomic E-state index is 0.0382. The minimum atomic E-state index is -0.390. The monoisotopic (exact) mass is 349 g/mol. The normalized spacial score (nSPS) is 24.4. The third kappa shape index (κ3) is 2.96. The van der Waals surface area contributed by atoms with Crippen LogP contribution in [0.5, 0.6) is 0 Å². The van der Waals surface area contributed by atoms with Crippen molar-refractivity contribution in [1.82, 2.24) is 4.98 Å². The van der Waals surface area contributed by atoms with Gasteiger partial charge in [-0.1, -0.05) is 6.07 Å².